The molecule has 0 aliphatic heterocycles. The van der Waals surface area contributed by atoms with Gasteiger partial charge >= 0.3 is 0 Å². The lowest BCUT2D eigenvalue weighted by Crippen LogP contribution is -2.11. The Balaban J connectivity index is 1.71. The summed E-state index contributed by atoms with van der Waals surface area (Å²) in [7, 11) is 1.56. The van der Waals surface area contributed by atoms with Crippen LogP contribution in [0.3, 0.4) is 0 Å². The maximum absolute atomic E-state index is 12.3. The molecule has 0 unspecified atom stereocenters. The highest BCUT2D eigenvalue weighted by molar-refractivity contribution is 6.03. The van der Waals surface area contributed by atoms with Crippen molar-refractivity contribution in [1.29, 1.82) is 0 Å². The van der Waals surface area contributed by atoms with Crippen LogP contribution in [0.4, 0.5) is 5.69 Å². The molecule has 1 aromatic carbocycles. The molecule has 0 atom stereocenters. The maximum Gasteiger partial charge on any atom is 0.291 e. The predicted molar refractivity (Wildman–Crippen MR) is 98.6 cm³/mol. The molecule has 3 heterocycles. The van der Waals surface area contributed by atoms with Gasteiger partial charge in [-0.15, -0.1) is 0 Å². The zero-order valence-electron chi connectivity index (χ0n) is 14.4. The van der Waals surface area contributed by atoms with E-state index in [2.05, 4.69) is 10.3 Å². The fraction of sp³-hybridized carbons (Fsp3) is 0.100. The van der Waals surface area contributed by atoms with Gasteiger partial charge in [0.15, 0.2) is 5.76 Å². The standard InChI is InChI=1S/C20H17N3O3/c1-13-7-8-23-12-16(21-19(23)10-13)14-5-6-17(25-2)15(11-14)22-20(24)18-4-3-9-26-18/h3-12H,1-2H3,(H,22,24). The molecular formula is C20H17N3O3. The first-order valence-electron chi connectivity index (χ1n) is 8.12. The number of benzene rings is 1. The van der Waals surface area contributed by atoms with E-state index in [9.17, 15) is 4.79 Å². The number of hydrogen-bond donors (Lipinski definition) is 1. The van der Waals surface area contributed by atoms with E-state index < -0.39 is 0 Å². The molecule has 0 aliphatic carbocycles. The Morgan fingerprint density at radius 2 is 2.12 bits per heavy atom. The molecule has 1 amide bonds. The molecule has 4 aromatic rings. The van der Waals surface area contributed by atoms with E-state index >= 15 is 0 Å². The number of ether oxygens (including phenoxy) is 1. The highest BCUT2D eigenvalue weighted by Gasteiger charge is 2.14. The molecule has 0 spiro atoms. The van der Waals surface area contributed by atoms with Crippen molar-refractivity contribution in [1.82, 2.24) is 9.38 Å². The number of anilines is 1. The number of furan rings is 1. The van der Waals surface area contributed by atoms with Crippen molar-refractivity contribution in [3.63, 3.8) is 0 Å². The summed E-state index contributed by atoms with van der Waals surface area (Å²) in [6.07, 6.45) is 5.39. The van der Waals surface area contributed by atoms with Crippen LogP contribution in [0.2, 0.25) is 0 Å². The fourth-order valence-electron chi connectivity index (χ4n) is 2.78. The maximum atomic E-state index is 12.3. The molecule has 130 valence electrons. The lowest BCUT2D eigenvalue weighted by atomic mass is 10.1. The van der Waals surface area contributed by atoms with Crippen LogP contribution < -0.4 is 10.1 Å². The Bertz CT molecular complexity index is 1080. The third kappa shape index (κ3) is 2.93. The Morgan fingerprint density at radius 3 is 2.88 bits per heavy atom. The molecule has 0 aliphatic rings. The van der Waals surface area contributed by atoms with Crippen molar-refractivity contribution in [2.45, 2.75) is 6.92 Å². The van der Waals surface area contributed by atoms with Crippen LogP contribution in [0.1, 0.15) is 16.1 Å². The van der Waals surface area contributed by atoms with E-state index in [1.165, 1.54) is 6.26 Å². The molecule has 0 saturated heterocycles. The summed E-state index contributed by atoms with van der Waals surface area (Å²) >= 11 is 0. The summed E-state index contributed by atoms with van der Waals surface area (Å²) < 4.78 is 12.5. The number of hydrogen-bond acceptors (Lipinski definition) is 4. The first-order valence-corrected chi connectivity index (χ1v) is 8.12. The highest BCUT2D eigenvalue weighted by atomic mass is 16.5. The van der Waals surface area contributed by atoms with Crippen molar-refractivity contribution in [2.24, 2.45) is 0 Å². The van der Waals surface area contributed by atoms with Crippen molar-refractivity contribution < 1.29 is 13.9 Å². The summed E-state index contributed by atoms with van der Waals surface area (Å²) in [5, 5.41) is 2.82. The summed E-state index contributed by atoms with van der Waals surface area (Å²) in [6, 6.07) is 12.9. The van der Waals surface area contributed by atoms with Crippen LogP contribution in [0, 0.1) is 6.92 Å². The fourth-order valence-corrected chi connectivity index (χ4v) is 2.78. The number of aromatic nitrogens is 2. The van der Waals surface area contributed by atoms with E-state index in [1.807, 2.05) is 54.0 Å². The zero-order valence-corrected chi connectivity index (χ0v) is 14.4. The van der Waals surface area contributed by atoms with Crippen molar-refractivity contribution in [3.8, 4) is 17.0 Å². The van der Waals surface area contributed by atoms with E-state index in [0.29, 0.717) is 11.4 Å². The summed E-state index contributed by atoms with van der Waals surface area (Å²) in [5.41, 5.74) is 4.26. The first-order chi connectivity index (χ1) is 12.6. The number of carbonyl (C=O) groups excluding carboxylic acids is 1. The van der Waals surface area contributed by atoms with Gasteiger partial charge < -0.3 is 18.9 Å². The number of methoxy groups -OCH3 is 1. The zero-order chi connectivity index (χ0) is 18.1. The van der Waals surface area contributed by atoms with E-state index in [4.69, 9.17) is 9.15 Å². The number of pyridine rings is 1. The van der Waals surface area contributed by atoms with Crippen LogP contribution in [0.25, 0.3) is 16.9 Å². The average Bonchev–Trinajstić information content (AvgIpc) is 3.31. The second-order valence-electron chi connectivity index (χ2n) is 5.94. The van der Waals surface area contributed by atoms with E-state index in [-0.39, 0.29) is 11.7 Å². The summed E-state index contributed by atoms with van der Waals surface area (Å²) in [4.78, 5) is 16.9. The molecule has 6 nitrogen and oxygen atoms in total. The van der Waals surface area contributed by atoms with E-state index in [1.54, 1.807) is 19.2 Å². The van der Waals surface area contributed by atoms with Gasteiger partial charge in [-0.05, 0) is 55.0 Å². The SMILES string of the molecule is COc1ccc(-c2cn3ccc(C)cc3n2)cc1NC(=O)c1ccco1. The number of amides is 1. The minimum absolute atomic E-state index is 0.237. The largest absolute Gasteiger partial charge is 0.495 e. The molecule has 3 aromatic heterocycles. The second kappa shape index (κ2) is 6.40. The van der Waals surface area contributed by atoms with Gasteiger partial charge in [0.05, 0.1) is 24.8 Å². The van der Waals surface area contributed by atoms with Gasteiger partial charge in [-0.2, -0.15) is 0 Å². The van der Waals surface area contributed by atoms with Crippen LogP contribution >= 0.6 is 0 Å². The normalized spacial score (nSPS) is 10.8. The lowest BCUT2D eigenvalue weighted by Gasteiger charge is -2.10. The van der Waals surface area contributed by atoms with Crippen LogP contribution in [-0.2, 0) is 0 Å². The molecule has 4 rings (SSSR count). The molecule has 0 fully saturated rings. The number of imidazole rings is 1. The predicted octanol–water partition coefficient (Wildman–Crippen LogP) is 4.16. The van der Waals surface area contributed by atoms with Gasteiger partial charge in [0, 0.05) is 18.0 Å². The second-order valence-corrected chi connectivity index (χ2v) is 5.94. The number of fused-ring (bicyclic) bond motifs is 1. The van der Waals surface area contributed by atoms with Gasteiger partial charge in [-0.3, -0.25) is 4.79 Å². The monoisotopic (exact) mass is 347 g/mol. The first kappa shape index (κ1) is 16.0. The third-order valence-corrected chi connectivity index (χ3v) is 4.10. The molecule has 1 N–H and O–H groups in total. The molecule has 0 saturated carbocycles. The van der Waals surface area contributed by atoms with Crippen molar-refractivity contribution in [2.75, 3.05) is 12.4 Å². The number of carbonyl (C=O) groups is 1. The minimum atomic E-state index is -0.337. The highest BCUT2D eigenvalue weighted by Crippen LogP contribution is 2.31. The van der Waals surface area contributed by atoms with Gasteiger partial charge in [0.25, 0.3) is 5.91 Å². The summed E-state index contributed by atoms with van der Waals surface area (Å²) in [5.74, 6) is 0.463. The Kier molecular flexibility index (Phi) is 3.93. The smallest absolute Gasteiger partial charge is 0.291 e. The number of nitrogens with one attached hydrogen (secondary N) is 1. The number of aryl methyl sites for hydroxylation is 1. The van der Waals surface area contributed by atoms with Crippen LogP contribution in [0.15, 0.2) is 65.5 Å². The Labute approximate surface area is 150 Å². The van der Waals surface area contributed by atoms with Crippen molar-refractivity contribution >= 4 is 17.2 Å². The van der Waals surface area contributed by atoms with E-state index in [0.717, 1.165) is 22.5 Å². The molecule has 6 heteroatoms. The third-order valence-electron chi connectivity index (χ3n) is 4.10. The van der Waals surface area contributed by atoms with Gasteiger partial charge in [-0.25, -0.2) is 4.98 Å². The quantitative estimate of drug-likeness (QED) is 0.602. The molecule has 26 heavy (non-hydrogen) atoms. The summed E-state index contributed by atoms with van der Waals surface area (Å²) in [6.45, 7) is 2.03. The Hall–Kier alpha value is -3.54. The van der Waals surface area contributed by atoms with Gasteiger partial charge in [0.2, 0.25) is 0 Å². The minimum Gasteiger partial charge on any atom is -0.495 e. The number of nitrogens with zero attached hydrogens (tertiary/aromatic N) is 2. The van der Waals surface area contributed by atoms with Crippen LogP contribution in [-0.4, -0.2) is 22.4 Å². The Morgan fingerprint density at radius 1 is 1.23 bits per heavy atom. The lowest BCUT2D eigenvalue weighted by molar-refractivity contribution is 0.0996. The number of rotatable bonds is 4. The molecule has 0 radical (unpaired) electrons. The average molecular weight is 347 g/mol. The topological polar surface area (TPSA) is 68.8 Å². The molecular weight excluding hydrogens is 330 g/mol. The van der Waals surface area contributed by atoms with Gasteiger partial charge in [0.1, 0.15) is 11.4 Å². The van der Waals surface area contributed by atoms with Gasteiger partial charge in [-0.1, -0.05) is 0 Å². The van der Waals surface area contributed by atoms with Crippen molar-refractivity contribution in [3.05, 3.63) is 72.4 Å². The van der Waals surface area contributed by atoms with Crippen LogP contribution in [0.5, 0.6) is 5.75 Å². The molecule has 0 bridgehead atoms.